The first-order valence-corrected chi connectivity index (χ1v) is 11.3. The third-order valence-corrected chi connectivity index (χ3v) is 6.34. The third-order valence-electron chi connectivity index (χ3n) is 5.24. The maximum Gasteiger partial charge on any atom is 0.218 e. The maximum absolute atomic E-state index is 6.14. The molecule has 0 amide bonds. The van der Waals surface area contributed by atoms with Crippen LogP contribution in [-0.4, -0.2) is 41.1 Å². The minimum atomic E-state index is 0. The Kier molecular flexibility index (Phi) is 10.0. The normalized spacial score (nSPS) is 23.1. The van der Waals surface area contributed by atoms with Gasteiger partial charge in [0.15, 0.2) is 5.96 Å². The van der Waals surface area contributed by atoms with Crippen molar-refractivity contribution in [3.05, 3.63) is 23.9 Å². The summed E-state index contributed by atoms with van der Waals surface area (Å²) in [5.41, 5.74) is 1.06. The van der Waals surface area contributed by atoms with Gasteiger partial charge in [0.25, 0.3) is 0 Å². The van der Waals surface area contributed by atoms with Crippen LogP contribution in [0, 0.1) is 0 Å². The monoisotopic (exact) mass is 504 g/mol. The van der Waals surface area contributed by atoms with Crippen LogP contribution in [-0.2, 0) is 6.54 Å². The molecule has 3 rings (SSSR count). The molecular formula is C20H33IN4OS. The summed E-state index contributed by atoms with van der Waals surface area (Å²) in [5.74, 6) is 1.65. The number of ether oxygens (including phenoxy) is 1. The lowest BCUT2D eigenvalue weighted by atomic mass is 10.2. The van der Waals surface area contributed by atoms with Crippen molar-refractivity contribution in [1.82, 2.24) is 15.6 Å². The number of aromatic nitrogens is 1. The molecule has 1 aromatic rings. The molecule has 27 heavy (non-hydrogen) atoms. The number of rotatable bonds is 7. The molecule has 152 valence electrons. The van der Waals surface area contributed by atoms with Gasteiger partial charge in [0.05, 0.1) is 6.54 Å². The average Bonchev–Trinajstić information content (AvgIpc) is 3.33. The number of hydrogen-bond acceptors (Lipinski definition) is 4. The Hall–Kier alpha value is -0.700. The quantitative estimate of drug-likeness (QED) is 0.328. The van der Waals surface area contributed by atoms with E-state index in [4.69, 9.17) is 9.73 Å². The molecule has 2 unspecified atom stereocenters. The van der Waals surface area contributed by atoms with E-state index in [2.05, 4.69) is 34.9 Å². The van der Waals surface area contributed by atoms with Crippen LogP contribution in [0.1, 0.15) is 57.4 Å². The number of nitrogens with zero attached hydrogens (tertiary/aromatic N) is 2. The van der Waals surface area contributed by atoms with Crippen molar-refractivity contribution in [2.45, 2.75) is 75.8 Å². The van der Waals surface area contributed by atoms with E-state index in [0.29, 0.717) is 18.7 Å². The zero-order valence-corrected chi connectivity index (χ0v) is 19.6. The van der Waals surface area contributed by atoms with Crippen LogP contribution in [0.3, 0.4) is 0 Å². The number of halogens is 1. The second-order valence-electron chi connectivity index (χ2n) is 7.20. The van der Waals surface area contributed by atoms with Gasteiger partial charge in [-0.15, -0.1) is 24.0 Å². The lowest BCUT2D eigenvalue weighted by molar-refractivity contribution is 0.199. The average molecular weight is 504 g/mol. The molecule has 2 fully saturated rings. The summed E-state index contributed by atoms with van der Waals surface area (Å²) < 4.78 is 6.14. The highest BCUT2D eigenvalue weighted by Crippen LogP contribution is 2.28. The molecule has 0 aliphatic heterocycles. The highest BCUT2D eigenvalue weighted by atomic mass is 127. The van der Waals surface area contributed by atoms with E-state index >= 15 is 0 Å². The Labute approximate surface area is 184 Å². The highest BCUT2D eigenvalue weighted by molar-refractivity contribution is 14.0. The Balaban J connectivity index is 0.00000261. The van der Waals surface area contributed by atoms with Gasteiger partial charge in [-0.05, 0) is 64.2 Å². The smallest absolute Gasteiger partial charge is 0.218 e. The van der Waals surface area contributed by atoms with E-state index in [-0.39, 0.29) is 24.0 Å². The number of thioether (sulfide) groups is 1. The SMILES string of the molecule is CCNC(=NCc1cccnc1OC1CCCC1)NC1CCC(SC)C1.I. The van der Waals surface area contributed by atoms with Gasteiger partial charge in [-0.3, -0.25) is 0 Å². The van der Waals surface area contributed by atoms with Gasteiger partial charge in [-0.2, -0.15) is 11.8 Å². The number of pyridine rings is 1. The van der Waals surface area contributed by atoms with Crippen LogP contribution >= 0.6 is 35.7 Å². The number of nitrogens with one attached hydrogen (secondary N) is 2. The Morgan fingerprint density at radius 3 is 2.81 bits per heavy atom. The van der Waals surface area contributed by atoms with Crippen LogP contribution in [0.2, 0.25) is 0 Å². The molecule has 1 aromatic heterocycles. The summed E-state index contributed by atoms with van der Waals surface area (Å²) in [6.45, 7) is 3.56. The van der Waals surface area contributed by atoms with E-state index in [9.17, 15) is 0 Å². The van der Waals surface area contributed by atoms with Crippen LogP contribution < -0.4 is 15.4 Å². The van der Waals surface area contributed by atoms with E-state index in [1.165, 1.54) is 32.1 Å². The molecule has 2 aliphatic rings. The van der Waals surface area contributed by atoms with Crippen molar-refractivity contribution in [1.29, 1.82) is 0 Å². The van der Waals surface area contributed by atoms with E-state index < -0.39 is 0 Å². The van der Waals surface area contributed by atoms with Crippen molar-refractivity contribution < 1.29 is 4.74 Å². The van der Waals surface area contributed by atoms with E-state index in [1.54, 1.807) is 0 Å². The fourth-order valence-corrected chi connectivity index (χ4v) is 4.57. The molecule has 2 N–H and O–H groups in total. The van der Waals surface area contributed by atoms with Gasteiger partial charge >= 0.3 is 0 Å². The van der Waals surface area contributed by atoms with E-state index in [0.717, 1.165) is 42.0 Å². The predicted octanol–water partition coefficient (Wildman–Crippen LogP) is 4.36. The molecule has 0 radical (unpaired) electrons. The molecule has 0 aromatic carbocycles. The van der Waals surface area contributed by atoms with Crippen molar-refractivity contribution in [3.63, 3.8) is 0 Å². The predicted molar refractivity (Wildman–Crippen MR) is 125 cm³/mol. The first kappa shape index (κ1) is 22.6. The molecule has 2 aliphatic carbocycles. The zero-order valence-electron chi connectivity index (χ0n) is 16.4. The maximum atomic E-state index is 6.14. The van der Waals surface area contributed by atoms with Gasteiger partial charge in [0.1, 0.15) is 6.10 Å². The molecule has 1 heterocycles. The van der Waals surface area contributed by atoms with Crippen LogP contribution in [0.15, 0.2) is 23.3 Å². The number of guanidine groups is 1. The fraction of sp³-hybridized carbons (Fsp3) is 0.700. The van der Waals surface area contributed by atoms with Gasteiger partial charge in [-0.1, -0.05) is 6.07 Å². The van der Waals surface area contributed by atoms with Crippen molar-refractivity contribution in [2.75, 3.05) is 12.8 Å². The van der Waals surface area contributed by atoms with Crippen molar-refractivity contribution in [3.8, 4) is 5.88 Å². The van der Waals surface area contributed by atoms with Gasteiger partial charge in [0, 0.05) is 29.6 Å². The molecule has 7 heteroatoms. The zero-order chi connectivity index (χ0) is 18.2. The van der Waals surface area contributed by atoms with Crippen LogP contribution in [0.4, 0.5) is 0 Å². The van der Waals surface area contributed by atoms with Crippen LogP contribution in [0.5, 0.6) is 5.88 Å². The molecule has 0 bridgehead atoms. The molecule has 5 nitrogen and oxygen atoms in total. The molecule has 0 spiro atoms. The summed E-state index contributed by atoms with van der Waals surface area (Å²) in [6, 6.07) is 4.56. The number of hydrogen-bond donors (Lipinski definition) is 2. The topological polar surface area (TPSA) is 58.5 Å². The second kappa shape index (κ2) is 12.0. The Morgan fingerprint density at radius 2 is 2.11 bits per heavy atom. The molecule has 0 saturated heterocycles. The van der Waals surface area contributed by atoms with Crippen LogP contribution in [0.25, 0.3) is 0 Å². The summed E-state index contributed by atoms with van der Waals surface area (Å²) in [4.78, 5) is 9.26. The minimum absolute atomic E-state index is 0. The van der Waals surface area contributed by atoms with Crippen molar-refractivity contribution in [2.24, 2.45) is 4.99 Å². The largest absolute Gasteiger partial charge is 0.474 e. The van der Waals surface area contributed by atoms with Gasteiger partial charge in [0.2, 0.25) is 5.88 Å². The second-order valence-corrected chi connectivity index (χ2v) is 8.34. The minimum Gasteiger partial charge on any atom is -0.474 e. The highest BCUT2D eigenvalue weighted by Gasteiger charge is 2.24. The molecular weight excluding hydrogens is 471 g/mol. The third kappa shape index (κ3) is 7.00. The summed E-state index contributed by atoms with van der Waals surface area (Å²) in [5, 5.41) is 7.76. The lowest BCUT2D eigenvalue weighted by Crippen LogP contribution is -2.42. The Morgan fingerprint density at radius 1 is 1.30 bits per heavy atom. The summed E-state index contributed by atoms with van der Waals surface area (Å²) in [7, 11) is 0. The van der Waals surface area contributed by atoms with Gasteiger partial charge < -0.3 is 15.4 Å². The Bertz CT molecular complexity index is 595. The summed E-state index contributed by atoms with van der Waals surface area (Å²) in [6.07, 6.45) is 12.9. The number of aliphatic imine (C=N–C) groups is 1. The lowest BCUT2D eigenvalue weighted by Gasteiger charge is -2.18. The van der Waals surface area contributed by atoms with E-state index in [1.807, 2.05) is 24.0 Å². The van der Waals surface area contributed by atoms with Crippen molar-refractivity contribution >= 4 is 41.7 Å². The van der Waals surface area contributed by atoms with Gasteiger partial charge in [-0.25, -0.2) is 9.98 Å². The first-order valence-electron chi connectivity index (χ1n) is 9.96. The first-order chi connectivity index (χ1) is 12.8. The molecule has 2 atom stereocenters. The fourth-order valence-electron chi connectivity index (χ4n) is 3.78. The molecule has 2 saturated carbocycles. The summed E-state index contributed by atoms with van der Waals surface area (Å²) >= 11 is 1.98. The standard InChI is InChI=1S/C20H32N4OS.HI/c1-3-21-20(24-16-10-11-18(13-16)26-2)23-14-15-7-6-12-22-19(15)25-17-8-4-5-9-17;/h6-7,12,16-18H,3-5,8-11,13-14H2,1-2H3,(H2,21,23,24);1H.